The van der Waals surface area contributed by atoms with Gasteiger partial charge in [0.2, 0.25) is 0 Å². The summed E-state index contributed by atoms with van der Waals surface area (Å²) in [7, 11) is 0. The van der Waals surface area contributed by atoms with Crippen LogP contribution in [-0.4, -0.2) is 111 Å². The fourth-order valence-electron chi connectivity index (χ4n) is 10.2. The second-order valence-electron chi connectivity index (χ2n) is 17.8. The van der Waals surface area contributed by atoms with Gasteiger partial charge < -0.3 is 44.3 Å². The molecule has 0 radical (unpaired) electrons. The lowest BCUT2D eigenvalue weighted by Crippen LogP contribution is -2.82. The third-order valence-electron chi connectivity index (χ3n) is 13.7. The number of aliphatic hydroxyl groups excluding tert-OH is 2. The zero-order valence-electron chi connectivity index (χ0n) is 36.2. The van der Waals surface area contributed by atoms with Crippen molar-refractivity contribution in [2.45, 2.75) is 108 Å². The maximum absolute atomic E-state index is 15.5. The number of hydrogen-bond donors (Lipinski definition) is 4. The second-order valence-corrected chi connectivity index (χ2v) is 17.8. The van der Waals surface area contributed by atoms with Crippen molar-refractivity contribution in [2.24, 2.45) is 16.7 Å². The molecular weight excluding hydrogens is 879 g/mol. The highest BCUT2D eigenvalue weighted by molar-refractivity contribution is 5.96. The predicted octanol–water partition coefficient (Wildman–Crippen LogP) is 4.42. The number of rotatable bonds is 10. The Morgan fingerprint density at radius 2 is 1.47 bits per heavy atom. The molecule has 66 heavy (non-hydrogen) atoms. The van der Waals surface area contributed by atoms with Crippen LogP contribution in [-0.2, 0) is 42.9 Å². The van der Waals surface area contributed by atoms with E-state index in [0.29, 0.717) is 0 Å². The van der Waals surface area contributed by atoms with Gasteiger partial charge >= 0.3 is 30.1 Å². The number of hydrogen-bond acceptors (Lipinski definition) is 14. The minimum absolute atomic E-state index is 0.0278. The summed E-state index contributed by atoms with van der Waals surface area (Å²) in [6.45, 7) is 5.30. The van der Waals surface area contributed by atoms with E-state index in [4.69, 9.17) is 23.7 Å². The largest absolute Gasteiger partial charge is 0.490 e. The molecule has 2 bridgehead atoms. The van der Waals surface area contributed by atoms with Crippen LogP contribution in [0.5, 0.6) is 0 Å². The van der Waals surface area contributed by atoms with Gasteiger partial charge in [0.15, 0.2) is 23.6 Å². The van der Waals surface area contributed by atoms with Gasteiger partial charge in [-0.2, -0.15) is 13.2 Å². The third kappa shape index (κ3) is 8.04. The van der Waals surface area contributed by atoms with Crippen molar-refractivity contribution < 1.29 is 85.3 Å². The Morgan fingerprint density at radius 3 is 2.02 bits per heavy atom. The maximum Gasteiger partial charge on any atom is 0.490 e. The number of fused-ring (bicyclic) bond motifs is 5. The topological polar surface area (TPSA) is 221 Å². The van der Waals surface area contributed by atoms with Crippen LogP contribution < -0.4 is 5.32 Å². The Balaban J connectivity index is 1.40. The van der Waals surface area contributed by atoms with Crippen molar-refractivity contribution in [1.82, 2.24) is 5.32 Å². The molecule has 1 heterocycles. The van der Waals surface area contributed by atoms with E-state index >= 15 is 4.79 Å². The Labute approximate surface area is 375 Å². The summed E-state index contributed by atoms with van der Waals surface area (Å²) in [5, 5.41) is 39.9. The van der Waals surface area contributed by atoms with Gasteiger partial charge in [-0.1, -0.05) is 62.4 Å². The summed E-state index contributed by atoms with van der Waals surface area (Å²) in [6, 6.07) is 17.7. The summed E-state index contributed by atoms with van der Waals surface area (Å²) in [5.74, 6) is -11.1. The van der Waals surface area contributed by atoms with Crippen LogP contribution in [0.2, 0.25) is 0 Å². The number of esters is 4. The van der Waals surface area contributed by atoms with Gasteiger partial charge in [0.1, 0.15) is 29.7 Å². The van der Waals surface area contributed by atoms with E-state index in [1.54, 1.807) is 24.3 Å². The van der Waals surface area contributed by atoms with Crippen LogP contribution in [0.25, 0.3) is 0 Å². The van der Waals surface area contributed by atoms with Gasteiger partial charge in [-0.15, -0.1) is 0 Å². The van der Waals surface area contributed by atoms with E-state index in [2.05, 4.69) is 5.32 Å². The molecule has 19 heteroatoms. The fourth-order valence-corrected chi connectivity index (χ4v) is 10.2. The molecule has 1 saturated heterocycles. The van der Waals surface area contributed by atoms with Gasteiger partial charge in [-0.3, -0.25) is 14.4 Å². The molecule has 3 aliphatic carbocycles. The lowest BCUT2D eigenvalue weighted by molar-refractivity contribution is -0.352. The van der Waals surface area contributed by atoms with Crippen molar-refractivity contribution in [3.63, 3.8) is 0 Å². The molecule has 4 N–H and O–H groups in total. The number of Topliss-reactive ketones (excluding diaryl/α,β-unsaturated/α-hetero) is 1. The van der Waals surface area contributed by atoms with E-state index in [0.717, 1.165) is 26.0 Å². The number of halogens is 4. The minimum Gasteiger partial charge on any atom is -0.456 e. The van der Waals surface area contributed by atoms with Crippen molar-refractivity contribution in [1.29, 1.82) is 0 Å². The average Bonchev–Trinajstić information content (AvgIpc) is 3.26. The molecule has 0 unspecified atom stereocenters. The molecule has 7 rings (SSSR count). The first-order chi connectivity index (χ1) is 30.9. The summed E-state index contributed by atoms with van der Waals surface area (Å²) in [6.07, 6.45) is -18.9. The van der Waals surface area contributed by atoms with E-state index < -0.39 is 138 Å². The molecule has 0 spiro atoms. The first kappa shape index (κ1) is 47.9. The molecular formula is C47H47F4NO14. The van der Waals surface area contributed by atoms with Gasteiger partial charge in [0, 0.05) is 30.7 Å². The monoisotopic (exact) mass is 925 g/mol. The van der Waals surface area contributed by atoms with Crippen molar-refractivity contribution in [2.75, 3.05) is 6.61 Å². The predicted molar refractivity (Wildman–Crippen MR) is 218 cm³/mol. The first-order valence-corrected chi connectivity index (χ1v) is 20.9. The molecule has 352 valence electrons. The van der Waals surface area contributed by atoms with Crippen molar-refractivity contribution >= 4 is 35.6 Å². The van der Waals surface area contributed by atoms with Gasteiger partial charge in [-0.25, -0.2) is 18.8 Å². The van der Waals surface area contributed by atoms with E-state index in [9.17, 15) is 56.9 Å². The van der Waals surface area contributed by atoms with Crippen LogP contribution in [0.1, 0.15) is 79.8 Å². The molecule has 3 aromatic carbocycles. The highest BCUT2D eigenvalue weighted by Gasteiger charge is 2.79. The van der Waals surface area contributed by atoms with Crippen LogP contribution in [0.4, 0.5) is 17.6 Å². The zero-order valence-corrected chi connectivity index (χ0v) is 36.2. The molecule has 4 aliphatic rings. The minimum atomic E-state index is -5.62. The number of ether oxygens (including phenoxy) is 5. The van der Waals surface area contributed by atoms with Gasteiger partial charge in [0.05, 0.1) is 35.6 Å². The molecule has 11 atom stereocenters. The standard InChI is InChI=1S/C47H47F4NO14/c1-23-29(64-41(59)34(55)33(25-16-18-28(48)19-17-25)52-39(57)26-12-8-6-9-13-26)21-46(61)38(65-40(58)27-14-10-7-11-15-27)36-44(5,37(56)35(63-24(2)53)32(23)43(46,3)4)30(54)20-31-45(36,22-62-31)66-42(60)47(49,50)51/h6-19,29-31,33-36,38,54-55,61H,20-22H2,1-5H3,(H,52,57)/t29-,30-,31+,33-,34+,35+,36-,38-,44+,45-,46+/m0/s1. The van der Waals surface area contributed by atoms with Crippen LogP contribution >= 0.6 is 0 Å². The SMILES string of the molecule is CC(=O)O[C@H]1C(=O)[C@@]2(C)[C@H]([C@H](OC(=O)c3ccccc3)[C@]3(O)C[C@H](OC(=O)[C@H](O)[C@@H](NC(=O)c4ccccc4)c4ccc(F)cc4)C(C)=C1C3(C)C)[C@]1(OC(=O)C(F)(F)F)CO[C@@H]1C[C@@H]2O. The molecule has 1 aliphatic heterocycles. The number of amides is 1. The number of ketones is 1. The fraction of sp³-hybridized carbons (Fsp3) is 0.447. The number of nitrogens with one attached hydrogen (secondary N) is 1. The summed E-state index contributed by atoms with van der Waals surface area (Å²) in [5.41, 5.74) is -9.93. The lowest BCUT2D eigenvalue weighted by Gasteiger charge is -2.67. The number of carbonyl (C=O) groups is 6. The molecule has 0 aromatic heterocycles. The highest BCUT2D eigenvalue weighted by atomic mass is 19.4. The molecule has 15 nitrogen and oxygen atoms in total. The lowest BCUT2D eigenvalue weighted by atomic mass is 9.44. The Morgan fingerprint density at radius 1 is 0.879 bits per heavy atom. The van der Waals surface area contributed by atoms with Crippen LogP contribution in [0.15, 0.2) is 96.1 Å². The van der Waals surface area contributed by atoms with Crippen LogP contribution in [0, 0.1) is 22.6 Å². The van der Waals surface area contributed by atoms with E-state index in [-0.39, 0.29) is 27.8 Å². The molecule has 3 fully saturated rings. The quantitative estimate of drug-likeness (QED) is 0.0958. The normalized spacial score (nSPS) is 30.9. The summed E-state index contributed by atoms with van der Waals surface area (Å²) in [4.78, 5) is 83.2. The molecule has 2 saturated carbocycles. The zero-order chi connectivity index (χ0) is 48.3. The number of benzene rings is 3. The number of aliphatic hydroxyl groups is 3. The average molecular weight is 926 g/mol. The smallest absolute Gasteiger partial charge is 0.456 e. The summed E-state index contributed by atoms with van der Waals surface area (Å²) < 4.78 is 85.3. The van der Waals surface area contributed by atoms with E-state index in [1.165, 1.54) is 69.3 Å². The Bertz CT molecular complexity index is 2450. The molecule has 3 aromatic rings. The molecule has 1 amide bonds. The third-order valence-corrected chi connectivity index (χ3v) is 13.7. The first-order valence-electron chi connectivity index (χ1n) is 20.9. The highest BCUT2D eigenvalue weighted by Crippen LogP contribution is 2.64. The van der Waals surface area contributed by atoms with Crippen molar-refractivity contribution in [3.05, 3.63) is 119 Å². The summed E-state index contributed by atoms with van der Waals surface area (Å²) >= 11 is 0. The number of alkyl halides is 3. The Kier molecular flexibility index (Phi) is 12.6. The van der Waals surface area contributed by atoms with Gasteiger partial charge in [0.25, 0.3) is 5.91 Å². The van der Waals surface area contributed by atoms with Crippen LogP contribution in [0.3, 0.4) is 0 Å². The van der Waals surface area contributed by atoms with E-state index in [1.807, 2.05) is 0 Å². The van der Waals surface area contributed by atoms with Crippen molar-refractivity contribution in [3.8, 4) is 0 Å². The Hall–Kier alpha value is -6.02. The van der Waals surface area contributed by atoms with Gasteiger partial charge in [-0.05, 0) is 67.0 Å². The second kappa shape index (κ2) is 17.3. The maximum atomic E-state index is 15.5. The number of carbonyl (C=O) groups excluding carboxylic acids is 6.